The largest absolute Gasteiger partial charge is 0.481 e. The Kier molecular flexibility index (Phi) is 32.1. The summed E-state index contributed by atoms with van der Waals surface area (Å²) in [6, 6.07) is 0. The molecule has 4 nitrogen and oxygen atoms in total. The molecule has 0 saturated heterocycles. The lowest BCUT2D eigenvalue weighted by molar-refractivity contribution is -0.140. The summed E-state index contributed by atoms with van der Waals surface area (Å²) < 4.78 is -0.939. The van der Waals surface area contributed by atoms with Gasteiger partial charge in [-0.2, -0.15) is 0 Å². The summed E-state index contributed by atoms with van der Waals surface area (Å²) in [7, 11) is 0. The lowest BCUT2D eigenvalue weighted by atomic mass is 9.93. The van der Waals surface area contributed by atoms with Crippen molar-refractivity contribution in [2.24, 2.45) is 0 Å². The Balaban J connectivity index is 3.98. The van der Waals surface area contributed by atoms with E-state index in [1.165, 1.54) is 154 Å². The highest BCUT2D eigenvalue weighted by molar-refractivity contribution is 8.02. The molecule has 1 atom stereocenters. The van der Waals surface area contributed by atoms with Gasteiger partial charge in [0.25, 0.3) is 0 Å². The van der Waals surface area contributed by atoms with Gasteiger partial charge in [-0.15, -0.1) is 11.8 Å². The van der Waals surface area contributed by atoms with E-state index in [1.54, 1.807) is 0 Å². The van der Waals surface area contributed by atoms with Crippen molar-refractivity contribution >= 4 is 23.7 Å². The topological polar surface area (TPSA) is 74.6 Å². The molecule has 256 valence electrons. The van der Waals surface area contributed by atoms with Crippen molar-refractivity contribution < 1.29 is 19.8 Å². The summed E-state index contributed by atoms with van der Waals surface area (Å²) in [5.74, 6) is -1.85. The average molecular weight is 627 g/mol. The van der Waals surface area contributed by atoms with Crippen molar-refractivity contribution in [3.8, 4) is 0 Å². The Morgan fingerprint density at radius 2 is 0.651 bits per heavy atom. The van der Waals surface area contributed by atoms with Gasteiger partial charge in [-0.05, 0) is 12.8 Å². The quantitative estimate of drug-likeness (QED) is 0.0677. The number of rotatable bonds is 36. The van der Waals surface area contributed by atoms with Gasteiger partial charge in [0.1, 0.15) is 4.75 Å². The first-order valence-corrected chi connectivity index (χ1v) is 20.1. The van der Waals surface area contributed by atoms with Crippen LogP contribution in [0.25, 0.3) is 0 Å². The van der Waals surface area contributed by atoms with Gasteiger partial charge in [0.05, 0.1) is 5.75 Å². The molecule has 0 heterocycles. The second kappa shape index (κ2) is 32.7. The molecule has 0 spiro atoms. The molecule has 0 saturated carbocycles. The monoisotopic (exact) mass is 627 g/mol. The molecule has 0 aliphatic rings. The van der Waals surface area contributed by atoms with Gasteiger partial charge >= 0.3 is 11.9 Å². The molecule has 0 bridgehead atoms. The highest BCUT2D eigenvalue weighted by Gasteiger charge is 2.38. The van der Waals surface area contributed by atoms with Gasteiger partial charge in [-0.1, -0.05) is 206 Å². The number of carbonyl (C=O) groups is 2. The summed E-state index contributed by atoms with van der Waals surface area (Å²) in [6.45, 7) is 4.54. The van der Waals surface area contributed by atoms with E-state index < -0.39 is 16.7 Å². The van der Waals surface area contributed by atoms with Gasteiger partial charge in [-0.25, -0.2) is 0 Å². The SMILES string of the molecule is CCCCCCCCCCCCCCCCCCC(CCCCCCCCCCCCCCCC)(SCC(=O)O)C(=O)O. The minimum absolute atomic E-state index is 0.121. The molecule has 43 heavy (non-hydrogen) atoms. The van der Waals surface area contributed by atoms with Gasteiger partial charge < -0.3 is 10.2 Å². The second-order valence-electron chi connectivity index (χ2n) is 13.4. The van der Waals surface area contributed by atoms with E-state index in [0.717, 1.165) is 50.3 Å². The van der Waals surface area contributed by atoms with Crippen LogP contribution in [0.4, 0.5) is 0 Å². The molecule has 0 aromatic carbocycles. The van der Waals surface area contributed by atoms with Gasteiger partial charge in [-0.3, -0.25) is 9.59 Å². The third kappa shape index (κ3) is 28.5. The highest BCUT2D eigenvalue weighted by atomic mass is 32.2. The minimum Gasteiger partial charge on any atom is -0.481 e. The van der Waals surface area contributed by atoms with Crippen LogP contribution in [0.3, 0.4) is 0 Å². The predicted octanol–water partition coefficient (Wildman–Crippen LogP) is 13.2. The van der Waals surface area contributed by atoms with E-state index in [9.17, 15) is 19.8 Å². The maximum absolute atomic E-state index is 12.4. The van der Waals surface area contributed by atoms with Gasteiger partial charge in [0.15, 0.2) is 0 Å². The van der Waals surface area contributed by atoms with Crippen LogP contribution in [0.2, 0.25) is 0 Å². The van der Waals surface area contributed by atoms with E-state index in [0.29, 0.717) is 12.8 Å². The van der Waals surface area contributed by atoms with E-state index in [4.69, 9.17) is 0 Å². The van der Waals surface area contributed by atoms with E-state index >= 15 is 0 Å². The van der Waals surface area contributed by atoms with Crippen molar-refractivity contribution in [1.82, 2.24) is 0 Å². The molecule has 0 aromatic rings. The average Bonchev–Trinajstić information content (AvgIpc) is 2.99. The zero-order valence-electron chi connectivity index (χ0n) is 29.0. The van der Waals surface area contributed by atoms with Crippen LogP contribution in [-0.2, 0) is 9.59 Å². The van der Waals surface area contributed by atoms with E-state index in [1.807, 2.05) is 0 Å². The maximum Gasteiger partial charge on any atom is 0.319 e. The van der Waals surface area contributed by atoms with Crippen LogP contribution in [0, 0.1) is 0 Å². The third-order valence-corrected chi connectivity index (χ3v) is 10.8. The minimum atomic E-state index is -0.939. The normalized spacial score (nSPS) is 12.9. The number of hydrogen-bond donors (Lipinski definition) is 2. The maximum atomic E-state index is 12.4. The molecule has 0 aliphatic heterocycles. The van der Waals surface area contributed by atoms with Crippen LogP contribution < -0.4 is 0 Å². The molecule has 5 heteroatoms. The molecule has 0 radical (unpaired) electrons. The van der Waals surface area contributed by atoms with Crippen molar-refractivity contribution in [3.05, 3.63) is 0 Å². The predicted molar refractivity (Wildman–Crippen MR) is 190 cm³/mol. The Hall–Kier alpha value is -0.710. The molecule has 0 amide bonds. The Labute approximate surface area is 272 Å². The first-order chi connectivity index (χ1) is 21.0. The van der Waals surface area contributed by atoms with Crippen LogP contribution in [-0.4, -0.2) is 32.7 Å². The number of hydrogen-bond acceptors (Lipinski definition) is 3. The number of carboxylic acids is 2. The zero-order chi connectivity index (χ0) is 31.7. The van der Waals surface area contributed by atoms with Crippen molar-refractivity contribution in [1.29, 1.82) is 0 Å². The molecule has 2 N–H and O–H groups in total. The zero-order valence-corrected chi connectivity index (χ0v) is 29.8. The smallest absolute Gasteiger partial charge is 0.319 e. The number of thioether (sulfide) groups is 1. The fraction of sp³-hybridized carbons (Fsp3) is 0.947. The Bertz CT molecular complexity index is 611. The Morgan fingerprint density at radius 3 is 0.860 bits per heavy atom. The van der Waals surface area contributed by atoms with Gasteiger partial charge in [0.2, 0.25) is 0 Å². The molecule has 0 aromatic heterocycles. The van der Waals surface area contributed by atoms with Crippen molar-refractivity contribution in [2.75, 3.05) is 5.75 Å². The fourth-order valence-electron chi connectivity index (χ4n) is 6.31. The molecule has 0 aliphatic carbocycles. The first kappa shape index (κ1) is 42.3. The van der Waals surface area contributed by atoms with Crippen molar-refractivity contribution in [3.63, 3.8) is 0 Å². The summed E-state index contributed by atoms with van der Waals surface area (Å²) >= 11 is 1.16. The van der Waals surface area contributed by atoms with Gasteiger partial charge in [0, 0.05) is 0 Å². The third-order valence-electron chi connectivity index (χ3n) is 9.23. The number of aliphatic carboxylic acids is 2. The van der Waals surface area contributed by atoms with E-state index in [2.05, 4.69) is 13.8 Å². The first-order valence-electron chi connectivity index (χ1n) is 19.1. The van der Waals surface area contributed by atoms with Crippen LogP contribution in [0.15, 0.2) is 0 Å². The number of carboxylic acid groups (broad SMARTS) is 2. The molecule has 0 rings (SSSR count). The lowest BCUT2D eigenvalue weighted by Gasteiger charge is -2.28. The Morgan fingerprint density at radius 1 is 0.419 bits per heavy atom. The highest BCUT2D eigenvalue weighted by Crippen LogP contribution is 2.37. The van der Waals surface area contributed by atoms with Crippen LogP contribution >= 0.6 is 11.8 Å². The molecular formula is C38H74O4S. The second-order valence-corrected chi connectivity index (χ2v) is 14.7. The summed E-state index contributed by atoms with van der Waals surface area (Å²) in [6.07, 6.45) is 39.9. The summed E-state index contributed by atoms with van der Waals surface area (Å²) in [5, 5.41) is 19.4. The summed E-state index contributed by atoms with van der Waals surface area (Å²) in [5.41, 5.74) is 0. The van der Waals surface area contributed by atoms with Crippen LogP contribution in [0.1, 0.15) is 219 Å². The lowest BCUT2D eigenvalue weighted by Crippen LogP contribution is -2.36. The molecule has 0 fully saturated rings. The number of unbranched alkanes of at least 4 members (excludes halogenated alkanes) is 28. The van der Waals surface area contributed by atoms with E-state index in [-0.39, 0.29) is 5.75 Å². The molecule has 1 unspecified atom stereocenters. The molecular weight excluding hydrogens is 552 g/mol. The fourth-order valence-corrected chi connectivity index (χ4v) is 7.41. The summed E-state index contributed by atoms with van der Waals surface area (Å²) in [4.78, 5) is 23.7. The van der Waals surface area contributed by atoms with Crippen LogP contribution in [0.5, 0.6) is 0 Å². The standard InChI is InChI=1S/C38H74O4S/c1-3-5-7-9-11-13-15-17-19-20-22-24-26-28-30-32-34-38(37(41)42,43-35-36(39)40)33-31-29-27-25-23-21-18-16-14-12-10-8-6-4-2/h3-35H2,1-2H3,(H,39,40)(H,41,42). The van der Waals surface area contributed by atoms with Crippen molar-refractivity contribution in [2.45, 2.75) is 224 Å².